The number of hydrogen-bond donors (Lipinski definition) is 1. The Hall–Kier alpha value is -3.48. The van der Waals surface area contributed by atoms with Crippen molar-refractivity contribution in [2.75, 3.05) is 13.7 Å². The summed E-state index contributed by atoms with van der Waals surface area (Å²) in [5.41, 5.74) is 4.90. The molecule has 0 fully saturated rings. The first-order valence-corrected chi connectivity index (χ1v) is 11.9. The number of ether oxygens (including phenoxy) is 2. The number of hydrogen-bond acceptors (Lipinski definition) is 5. The predicted molar refractivity (Wildman–Crippen MR) is 138 cm³/mol. The third-order valence-corrected chi connectivity index (χ3v) is 5.92. The zero-order valence-corrected chi connectivity index (χ0v) is 20.4. The number of aromatic nitrogens is 1. The Morgan fingerprint density at radius 3 is 2.46 bits per heavy atom. The number of esters is 1. The highest BCUT2D eigenvalue weighted by atomic mass is 16.6. The molecule has 0 aliphatic heterocycles. The molecule has 1 N–H and O–H groups in total. The second kappa shape index (κ2) is 12.8. The minimum Gasteiger partial charge on any atom is -0.466 e. The monoisotopic (exact) mass is 475 g/mol. The molecule has 3 rings (SSSR count). The summed E-state index contributed by atoms with van der Waals surface area (Å²) in [6.07, 6.45) is 4.43. The molecule has 0 aliphatic rings. The van der Waals surface area contributed by atoms with Gasteiger partial charge in [-0.25, -0.2) is 0 Å². The summed E-state index contributed by atoms with van der Waals surface area (Å²) in [5.74, 6) is -0.275. The van der Waals surface area contributed by atoms with Crippen molar-refractivity contribution in [1.82, 2.24) is 4.57 Å². The summed E-state index contributed by atoms with van der Waals surface area (Å²) in [4.78, 5) is 25.7. The summed E-state index contributed by atoms with van der Waals surface area (Å²) in [7, 11) is 1.45. The lowest BCUT2D eigenvalue weighted by Gasteiger charge is -2.20. The Labute approximate surface area is 206 Å². The standard InChI is InChI=1S/C29H33NO5/c1-4-21-14-16-24(17-15-21)30-20-23(19-28(32)34-3)26(18-22-10-7-6-8-11-22)25(29(30)33)12-9-13-27(31)35-5-2/h4,6-8,10-11,14-17,20,28,32H,1,5,9,12-13,18-19H2,2-3H3. The minimum atomic E-state index is -1.01. The lowest BCUT2D eigenvalue weighted by atomic mass is 9.92. The quantitative estimate of drug-likeness (QED) is 0.309. The van der Waals surface area contributed by atoms with E-state index in [1.165, 1.54) is 7.11 Å². The Kier molecular flexibility index (Phi) is 9.58. The van der Waals surface area contributed by atoms with Gasteiger partial charge in [0.1, 0.15) is 0 Å². The molecular weight excluding hydrogens is 442 g/mol. The van der Waals surface area contributed by atoms with Gasteiger partial charge in [-0.15, -0.1) is 0 Å². The number of aliphatic hydroxyl groups excluding tert-OH is 1. The molecule has 0 aliphatic carbocycles. The van der Waals surface area contributed by atoms with Gasteiger partial charge >= 0.3 is 5.97 Å². The predicted octanol–water partition coefficient (Wildman–Crippen LogP) is 4.46. The molecule has 1 unspecified atom stereocenters. The van der Waals surface area contributed by atoms with Crippen molar-refractivity contribution in [2.24, 2.45) is 0 Å². The molecule has 35 heavy (non-hydrogen) atoms. The van der Waals surface area contributed by atoms with Gasteiger partial charge in [-0.1, -0.05) is 55.1 Å². The van der Waals surface area contributed by atoms with Crippen LogP contribution in [0.4, 0.5) is 0 Å². The molecule has 0 bridgehead atoms. The zero-order valence-electron chi connectivity index (χ0n) is 20.4. The van der Waals surface area contributed by atoms with Crippen LogP contribution in [0, 0.1) is 0 Å². The molecule has 0 saturated heterocycles. The fourth-order valence-electron chi connectivity index (χ4n) is 4.09. The van der Waals surface area contributed by atoms with Crippen molar-refractivity contribution < 1.29 is 19.4 Å². The van der Waals surface area contributed by atoms with Crippen LogP contribution in [-0.4, -0.2) is 35.6 Å². The van der Waals surface area contributed by atoms with E-state index < -0.39 is 6.29 Å². The van der Waals surface area contributed by atoms with E-state index in [1.807, 2.05) is 54.6 Å². The SMILES string of the molecule is C=Cc1ccc(-n2cc(CC(O)OC)c(Cc3ccccc3)c(CCCC(=O)OCC)c2=O)cc1. The van der Waals surface area contributed by atoms with Crippen LogP contribution < -0.4 is 5.56 Å². The normalized spacial score (nSPS) is 11.7. The van der Waals surface area contributed by atoms with E-state index in [1.54, 1.807) is 23.8 Å². The van der Waals surface area contributed by atoms with Crippen molar-refractivity contribution in [3.8, 4) is 5.69 Å². The molecule has 0 spiro atoms. The molecule has 3 aromatic rings. The smallest absolute Gasteiger partial charge is 0.305 e. The number of carbonyl (C=O) groups is 1. The average molecular weight is 476 g/mol. The van der Waals surface area contributed by atoms with Crippen LogP contribution in [0.1, 0.15) is 47.6 Å². The molecule has 1 aromatic heterocycles. The molecule has 1 atom stereocenters. The first kappa shape index (κ1) is 26.1. The first-order valence-electron chi connectivity index (χ1n) is 11.9. The van der Waals surface area contributed by atoms with E-state index in [-0.39, 0.29) is 24.4 Å². The van der Waals surface area contributed by atoms with Crippen LogP contribution in [0.3, 0.4) is 0 Å². The van der Waals surface area contributed by atoms with E-state index >= 15 is 0 Å². The second-order valence-corrected chi connectivity index (χ2v) is 8.30. The molecule has 6 nitrogen and oxygen atoms in total. The second-order valence-electron chi connectivity index (χ2n) is 8.30. The molecule has 6 heteroatoms. The number of carbonyl (C=O) groups excluding carboxylic acids is 1. The van der Waals surface area contributed by atoms with Crippen LogP contribution in [0.25, 0.3) is 11.8 Å². The maximum atomic E-state index is 13.8. The summed E-state index contributed by atoms with van der Waals surface area (Å²) < 4.78 is 11.8. The Bertz CT molecular complexity index is 1180. The number of rotatable bonds is 12. The molecule has 0 amide bonds. The number of nitrogens with zero attached hydrogens (tertiary/aromatic N) is 1. The van der Waals surface area contributed by atoms with Gasteiger partial charge < -0.3 is 14.6 Å². The average Bonchev–Trinajstić information content (AvgIpc) is 2.88. The lowest BCUT2D eigenvalue weighted by Crippen LogP contribution is -2.27. The van der Waals surface area contributed by atoms with Crippen molar-refractivity contribution in [3.05, 3.63) is 106 Å². The van der Waals surface area contributed by atoms with Crippen molar-refractivity contribution in [3.63, 3.8) is 0 Å². The van der Waals surface area contributed by atoms with E-state index in [9.17, 15) is 14.7 Å². The summed E-state index contributed by atoms with van der Waals surface area (Å²) in [6.45, 7) is 5.89. The topological polar surface area (TPSA) is 77.8 Å². The van der Waals surface area contributed by atoms with Crippen LogP contribution in [0.15, 0.2) is 72.2 Å². The van der Waals surface area contributed by atoms with Crippen molar-refractivity contribution >= 4 is 12.0 Å². The highest BCUT2D eigenvalue weighted by Gasteiger charge is 2.19. The van der Waals surface area contributed by atoms with Gasteiger partial charge in [-0.3, -0.25) is 14.2 Å². The number of aliphatic hydroxyl groups is 1. The minimum absolute atomic E-state index is 0.137. The Morgan fingerprint density at radius 2 is 1.83 bits per heavy atom. The van der Waals surface area contributed by atoms with Gasteiger partial charge in [0.05, 0.1) is 6.61 Å². The largest absolute Gasteiger partial charge is 0.466 e. The lowest BCUT2D eigenvalue weighted by molar-refractivity contribution is -0.143. The Balaban J connectivity index is 2.12. The number of methoxy groups -OCH3 is 1. The van der Waals surface area contributed by atoms with Gasteiger partial charge in [-0.05, 0) is 60.6 Å². The number of benzene rings is 2. The van der Waals surface area contributed by atoms with Crippen LogP contribution in [-0.2, 0) is 33.5 Å². The fourth-order valence-corrected chi connectivity index (χ4v) is 4.09. The third kappa shape index (κ3) is 7.01. The van der Waals surface area contributed by atoms with E-state index in [0.29, 0.717) is 37.1 Å². The molecule has 0 saturated carbocycles. The molecule has 184 valence electrons. The number of pyridine rings is 1. The maximum Gasteiger partial charge on any atom is 0.305 e. The van der Waals surface area contributed by atoms with E-state index in [2.05, 4.69) is 6.58 Å². The van der Waals surface area contributed by atoms with E-state index in [0.717, 1.165) is 22.3 Å². The molecule has 1 heterocycles. The maximum absolute atomic E-state index is 13.8. The summed E-state index contributed by atoms with van der Waals surface area (Å²) in [6, 6.07) is 17.4. The Morgan fingerprint density at radius 1 is 1.11 bits per heavy atom. The van der Waals surface area contributed by atoms with E-state index in [4.69, 9.17) is 9.47 Å². The molecule has 2 aromatic carbocycles. The summed E-state index contributed by atoms with van der Waals surface area (Å²) >= 11 is 0. The van der Waals surface area contributed by atoms with Crippen molar-refractivity contribution in [2.45, 2.75) is 45.3 Å². The van der Waals surface area contributed by atoms with Crippen LogP contribution in [0.2, 0.25) is 0 Å². The van der Waals surface area contributed by atoms with Gasteiger partial charge in [0.2, 0.25) is 0 Å². The van der Waals surface area contributed by atoms with Gasteiger partial charge in [0, 0.05) is 37.4 Å². The van der Waals surface area contributed by atoms with Gasteiger partial charge in [0.15, 0.2) is 6.29 Å². The summed E-state index contributed by atoms with van der Waals surface area (Å²) in [5, 5.41) is 10.3. The first-order chi connectivity index (χ1) is 17.0. The van der Waals surface area contributed by atoms with Crippen molar-refractivity contribution in [1.29, 1.82) is 0 Å². The van der Waals surface area contributed by atoms with Gasteiger partial charge in [0.25, 0.3) is 5.56 Å². The third-order valence-electron chi connectivity index (χ3n) is 5.92. The molecule has 0 radical (unpaired) electrons. The highest BCUT2D eigenvalue weighted by Crippen LogP contribution is 2.22. The van der Waals surface area contributed by atoms with Crippen LogP contribution in [0.5, 0.6) is 0 Å². The zero-order chi connectivity index (χ0) is 25.2. The molecular formula is C29H33NO5. The fraction of sp³-hybridized carbons (Fsp3) is 0.310. The highest BCUT2D eigenvalue weighted by molar-refractivity contribution is 5.69. The van der Waals surface area contributed by atoms with Gasteiger partial charge in [-0.2, -0.15) is 0 Å². The van der Waals surface area contributed by atoms with Crippen LogP contribution >= 0.6 is 0 Å².